The Labute approximate surface area is 150 Å². The van der Waals surface area contributed by atoms with Crippen LogP contribution in [0.5, 0.6) is 0 Å². The first kappa shape index (κ1) is 17.5. The third-order valence-electron chi connectivity index (χ3n) is 5.08. The van der Waals surface area contributed by atoms with Gasteiger partial charge in [-0.2, -0.15) is 0 Å². The molecule has 0 fully saturated rings. The van der Waals surface area contributed by atoms with Crippen LogP contribution < -0.4 is 5.73 Å². The molecule has 1 aliphatic carbocycles. The molecule has 3 heteroatoms. The van der Waals surface area contributed by atoms with Crippen LogP contribution in [-0.4, -0.2) is 6.09 Å². The van der Waals surface area contributed by atoms with E-state index in [1.165, 1.54) is 22.3 Å². The van der Waals surface area contributed by atoms with E-state index in [4.69, 9.17) is 10.5 Å². The van der Waals surface area contributed by atoms with E-state index in [1.807, 2.05) is 0 Å². The maximum absolute atomic E-state index is 11.3. The first-order chi connectivity index (χ1) is 11.6. The Balaban J connectivity index is 2.00. The van der Waals surface area contributed by atoms with Gasteiger partial charge in [0, 0.05) is 5.41 Å². The van der Waals surface area contributed by atoms with Crippen LogP contribution in [-0.2, 0) is 16.6 Å². The average molecular weight is 337 g/mol. The Morgan fingerprint density at radius 2 is 1.80 bits per heavy atom. The summed E-state index contributed by atoms with van der Waals surface area (Å²) in [6, 6.07) is 15.1. The van der Waals surface area contributed by atoms with Crippen LogP contribution >= 0.6 is 0 Å². The molecule has 1 atom stereocenters. The molecule has 0 saturated carbocycles. The largest absolute Gasteiger partial charge is 0.441 e. The molecule has 0 bridgehead atoms. The van der Waals surface area contributed by atoms with Gasteiger partial charge in [0.15, 0.2) is 0 Å². The third kappa shape index (κ3) is 3.41. The highest BCUT2D eigenvalue weighted by molar-refractivity contribution is 5.68. The third-order valence-corrected chi connectivity index (χ3v) is 5.08. The van der Waals surface area contributed by atoms with Crippen molar-refractivity contribution < 1.29 is 9.53 Å². The van der Waals surface area contributed by atoms with E-state index in [0.29, 0.717) is 0 Å². The lowest BCUT2D eigenvalue weighted by Crippen LogP contribution is -2.25. The second kappa shape index (κ2) is 5.91. The minimum atomic E-state index is -0.715. The molecular weight excluding hydrogens is 310 g/mol. The summed E-state index contributed by atoms with van der Waals surface area (Å²) in [6.07, 6.45) is -0.129. The number of hydrogen-bond donors (Lipinski definition) is 1. The van der Waals surface area contributed by atoms with Crippen LogP contribution in [0.15, 0.2) is 42.5 Å². The summed E-state index contributed by atoms with van der Waals surface area (Å²) >= 11 is 0. The van der Waals surface area contributed by atoms with Crippen molar-refractivity contribution in [1.82, 2.24) is 0 Å². The summed E-state index contributed by atoms with van der Waals surface area (Å²) in [6.45, 7) is 10.9. The van der Waals surface area contributed by atoms with Crippen molar-refractivity contribution in [2.75, 3.05) is 0 Å². The Morgan fingerprint density at radius 3 is 2.44 bits per heavy atom. The van der Waals surface area contributed by atoms with Crippen molar-refractivity contribution in [2.45, 2.75) is 52.6 Å². The predicted molar refractivity (Wildman–Crippen MR) is 101 cm³/mol. The lowest BCUT2D eigenvalue weighted by Gasteiger charge is -2.26. The van der Waals surface area contributed by atoms with Gasteiger partial charge in [-0.15, -0.1) is 0 Å². The smallest absolute Gasteiger partial charge is 0.405 e. The zero-order valence-corrected chi connectivity index (χ0v) is 15.7. The van der Waals surface area contributed by atoms with Crippen molar-refractivity contribution in [3.8, 4) is 11.1 Å². The van der Waals surface area contributed by atoms with E-state index in [9.17, 15) is 4.79 Å². The summed E-state index contributed by atoms with van der Waals surface area (Å²) in [5, 5.41) is 0. The van der Waals surface area contributed by atoms with Crippen molar-refractivity contribution in [3.05, 3.63) is 59.2 Å². The van der Waals surface area contributed by atoms with E-state index < -0.39 is 6.09 Å². The Morgan fingerprint density at radius 1 is 1.12 bits per heavy atom. The zero-order valence-electron chi connectivity index (χ0n) is 15.7. The first-order valence-electron chi connectivity index (χ1n) is 8.78. The van der Waals surface area contributed by atoms with Crippen molar-refractivity contribution in [1.29, 1.82) is 0 Å². The quantitative estimate of drug-likeness (QED) is 0.801. The minimum Gasteiger partial charge on any atom is -0.441 e. The van der Waals surface area contributed by atoms with Gasteiger partial charge in [0.05, 0.1) is 0 Å². The fourth-order valence-corrected chi connectivity index (χ4v) is 3.70. The van der Waals surface area contributed by atoms with Crippen LogP contribution in [0.1, 0.15) is 57.4 Å². The Bertz CT molecular complexity index is 815. The van der Waals surface area contributed by atoms with Gasteiger partial charge in [0.2, 0.25) is 0 Å². The number of carbonyl (C=O) groups is 1. The van der Waals surface area contributed by atoms with Gasteiger partial charge in [-0.1, -0.05) is 77.1 Å². The van der Waals surface area contributed by atoms with Gasteiger partial charge in [-0.25, -0.2) is 4.79 Å². The number of rotatable bonds is 2. The molecule has 0 aliphatic heterocycles. The topological polar surface area (TPSA) is 52.3 Å². The zero-order chi connectivity index (χ0) is 18.4. The molecule has 3 nitrogen and oxygen atoms in total. The van der Waals surface area contributed by atoms with E-state index in [1.54, 1.807) is 0 Å². The molecule has 0 radical (unpaired) electrons. The number of benzene rings is 2. The standard InChI is InChI=1S/C22H27NO2/c1-21(2,3)17-8-6-7-14(12-17)15-9-10-18-16(11-15)13-22(4,5)19(18)25-20(23)24/h6-12,19H,13H2,1-5H3,(H2,23,24). The highest BCUT2D eigenvalue weighted by atomic mass is 16.6. The van der Waals surface area contributed by atoms with Gasteiger partial charge < -0.3 is 10.5 Å². The summed E-state index contributed by atoms with van der Waals surface area (Å²) in [7, 11) is 0. The molecule has 0 aromatic heterocycles. The van der Waals surface area contributed by atoms with Gasteiger partial charge in [0.25, 0.3) is 0 Å². The van der Waals surface area contributed by atoms with Crippen LogP contribution in [0.25, 0.3) is 11.1 Å². The maximum Gasteiger partial charge on any atom is 0.405 e. The van der Waals surface area contributed by atoms with Crippen molar-refractivity contribution in [2.24, 2.45) is 11.1 Å². The summed E-state index contributed by atoms with van der Waals surface area (Å²) in [5.41, 5.74) is 11.3. The lowest BCUT2D eigenvalue weighted by molar-refractivity contribution is 0.0392. The average Bonchev–Trinajstić information content (AvgIpc) is 2.76. The molecule has 0 saturated heterocycles. The monoisotopic (exact) mass is 337 g/mol. The molecule has 0 spiro atoms. The van der Waals surface area contributed by atoms with Crippen molar-refractivity contribution in [3.63, 3.8) is 0 Å². The lowest BCUT2D eigenvalue weighted by atomic mass is 9.85. The number of ether oxygens (including phenoxy) is 1. The van der Waals surface area contributed by atoms with Crippen LogP contribution in [0.3, 0.4) is 0 Å². The fraction of sp³-hybridized carbons (Fsp3) is 0.409. The normalized spacial score (nSPS) is 18.7. The number of amides is 1. The summed E-state index contributed by atoms with van der Waals surface area (Å²) in [4.78, 5) is 11.3. The van der Waals surface area contributed by atoms with E-state index in [-0.39, 0.29) is 16.9 Å². The van der Waals surface area contributed by atoms with E-state index in [2.05, 4.69) is 77.1 Å². The van der Waals surface area contributed by atoms with Crippen LogP contribution in [0.4, 0.5) is 4.79 Å². The van der Waals surface area contributed by atoms with E-state index in [0.717, 1.165) is 12.0 Å². The Kier molecular flexibility index (Phi) is 4.14. The number of nitrogens with two attached hydrogens (primary N) is 1. The molecule has 25 heavy (non-hydrogen) atoms. The second-order valence-corrected chi connectivity index (χ2v) is 8.73. The second-order valence-electron chi connectivity index (χ2n) is 8.73. The molecule has 2 N–H and O–H groups in total. The highest BCUT2D eigenvalue weighted by Crippen LogP contribution is 2.48. The highest BCUT2D eigenvalue weighted by Gasteiger charge is 2.41. The molecule has 0 heterocycles. The van der Waals surface area contributed by atoms with Crippen LogP contribution in [0, 0.1) is 5.41 Å². The van der Waals surface area contributed by atoms with E-state index >= 15 is 0 Å². The van der Waals surface area contributed by atoms with Gasteiger partial charge >= 0.3 is 6.09 Å². The number of primary amides is 1. The SMILES string of the molecule is CC(C)(C)c1cccc(-c2ccc3c(c2)CC(C)(C)C3OC(N)=O)c1. The fourth-order valence-electron chi connectivity index (χ4n) is 3.70. The molecule has 132 valence electrons. The van der Waals surface area contributed by atoms with Gasteiger partial charge in [0.1, 0.15) is 6.10 Å². The predicted octanol–water partition coefficient (Wildman–Crippen LogP) is 5.37. The summed E-state index contributed by atoms with van der Waals surface area (Å²) in [5.74, 6) is 0. The number of hydrogen-bond acceptors (Lipinski definition) is 2. The number of carbonyl (C=O) groups excluding carboxylic acids is 1. The molecule has 3 rings (SSSR count). The molecule has 1 amide bonds. The van der Waals surface area contributed by atoms with Gasteiger partial charge in [-0.05, 0) is 39.7 Å². The Hall–Kier alpha value is -2.29. The summed E-state index contributed by atoms with van der Waals surface area (Å²) < 4.78 is 5.40. The van der Waals surface area contributed by atoms with Crippen LogP contribution in [0.2, 0.25) is 0 Å². The molecule has 1 unspecified atom stereocenters. The van der Waals surface area contributed by atoms with Crippen molar-refractivity contribution >= 4 is 6.09 Å². The van der Waals surface area contributed by atoms with Gasteiger partial charge in [-0.3, -0.25) is 0 Å². The molecule has 2 aromatic carbocycles. The molecular formula is C22H27NO2. The first-order valence-corrected chi connectivity index (χ1v) is 8.78. The maximum atomic E-state index is 11.3. The molecule has 2 aromatic rings. The number of fused-ring (bicyclic) bond motifs is 1. The minimum absolute atomic E-state index is 0.120. The molecule has 1 aliphatic rings.